The standard InChI is InChI=1S/C17H27N5O2S/c1-3-25(23,24)22-11-6-10-19-17(18-2)20-12-9-14-13-21-16-8-5-4-7-15(14)16/h4-5,7-8,13,21-22H,3,6,9-12H2,1-2H3,(H2,18,19,20). The molecule has 2 aromatic rings. The Bertz CT molecular complexity index is 798. The Morgan fingerprint density at radius 1 is 1.16 bits per heavy atom. The minimum Gasteiger partial charge on any atom is -0.361 e. The number of para-hydroxylation sites is 1. The topological polar surface area (TPSA) is 98.4 Å². The molecule has 1 aromatic carbocycles. The molecular formula is C17H27N5O2S. The molecule has 0 amide bonds. The monoisotopic (exact) mass is 365 g/mol. The van der Waals surface area contributed by atoms with Gasteiger partial charge in [0.25, 0.3) is 0 Å². The smallest absolute Gasteiger partial charge is 0.211 e. The van der Waals surface area contributed by atoms with Gasteiger partial charge in [-0.1, -0.05) is 18.2 Å². The van der Waals surface area contributed by atoms with E-state index in [0.29, 0.717) is 19.5 Å². The molecule has 2 rings (SSSR count). The summed E-state index contributed by atoms with van der Waals surface area (Å²) >= 11 is 0. The van der Waals surface area contributed by atoms with Crippen LogP contribution in [0.5, 0.6) is 0 Å². The van der Waals surface area contributed by atoms with Gasteiger partial charge in [0.2, 0.25) is 10.0 Å². The number of nitrogens with zero attached hydrogens (tertiary/aromatic N) is 1. The molecule has 0 saturated carbocycles. The van der Waals surface area contributed by atoms with Crippen molar-refractivity contribution < 1.29 is 8.42 Å². The Morgan fingerprint density at radius 2 is 1.92 bits per heavy atom. The van der Waals surface area contributed by atoms with Crippen LogP contribution in [-0.4, -0.2) is 51.8 Å². The molecule has 1 aromatic heterocycles. The molecule has 138 valence electrons. The predicted octanol–water partition coefficient (Wildman–Crippen LogP) is 1.20. The zero-order chi connectivity index (χ0) is 18.1. The maximum atomic E-state index is 11.3. The van der Waals surface area contributed by atoms with Crippen molar-refractivity contribution in [3.8, 4) is 0 Å². The third kappa shape index (κ3) is 6.06. The predicted molar refractivity (Wildman–Crippen MR) is 103 cm³/mol. The lowest BCUT2D eigenvalue weighted by Gasteiger charge is -2.12. The third-order valence-corrected chi connectivity index (χ3v) is 5.34. The zero-order valence-electron chi connectivity index (χ0n) is 14.8. The summed E-state index contributed by atoms with van der Waals surface area (Å²) in [5.41, 5.74) is 2.42. The number of sulfonamides is 1. The average molecular weight is 366 g/mol. The molecule has 0 aliphatic rings. The van der Waals surface area contributed by atoms with Crippen molar-refractivity contribution in [1.82, 2.24) is 20.3 Å². The van der Waals surface area contributed by atoms with Gasteiger partial charge in [-0.2, -0.15) is 0 Å². The van der Waals surface area contributed by atoms with Crippen LogP contribution < -0.4 is 15.4 Å². The fourth-order valence-corrected chi connectivity index (χ4v) is 3.16. The Labute approximate surface area is 149 Å². The van der Waals surface area contributed by atoms with E-state index in [1.807, 2.05) is 18.3 Å². The normalized spacial score (nSPS) is 12.5. The lowest BCUT2D eigenvalue weighted by molar-refractivity contribution is 0.579. The molecule has 25 heavy (non-hydrogen) atoms. The number of aromatic nitrogens is 1. The van der Waals surface area contributed by atoms with Crippen LogP contribution in [0.2, 0.25) is 0 Å². The van der Waals surface area contributed by atoms with Gasteiger partial charge in [-0.25, -0.2) is 13.1 Å². The molecule has 0 atom stereocenters. The van der Waals surface area contributed by atoms with Gasteiger partial charge in [0, 0.05) is 43.8 Å². The van der Waals surface area contributed by atoms with Gasteiger partial charge in [-0.3, -0.25) is 4.99 Å². The molecule has 0 radical (unpaired) electrons. The maximum Gasteiger partial charge on any atom is 0.211 e. The van der Waals surface area contributed by atoms with E-state index >= 15 is 0 Å². The summed E-state index contributed by atoms with van der Waals surface area (Å²) in [6.07, 6.45) is 3.63. The van der Waals surface area contributed by atoms with Crippen LogP contribution in [0.4, 0.5) is 0 Å². The second kappa shape index (κ2) is 9.43. The number of aromatic amines is 1. The van der Waals surface area contributed by atoms with E-state index in [0.717, 1.165) is 24.4 Å². The summed E-state index contributed by atoms with van der Waals surface area (Å²) < 4.78 is 25.2. The molecule has 0 aliphatic heterocycles. The van der Waals surface area contributed by atoms with E-state index in [-0.39, 0.29) is 5.75 Å². The highest BCUT2D eigenvalue weighted by atomic mass is 32.2. The molecule has 0 spiro atoms. The number of aliphatic imine (C=N–C) groups is 1. The summed E-state index contributed by atoms with van der Waals surface area (Å²) in [4.78, 5) is 7.46. The van der Waals surface area contributed by atoms with Crippen LogP contribution >= 0.6 is 0 Å². The van der Waals surface area contributed by atoms with Crippen LogP contribution in [0.25, 0.3) is 10.9 Å². The van der Waals surface area contributed by atoms with Gasteiger partial charge in [0.1, 0.15) is 0 Å². The molecule has 0 fully saturated rings. The van der Waals surface area contributed by atoms with Gasteiger partial charge >= 0.3 is 0 Å². The Balaban J connectivity index is 1.68. The Hall–Kier alpha value is -2.06. The fourth-order valence-electron chi connectivity index (χ4n) is 2.50. The molecule has 1 heterocycles. The summed E-state index contributed by atoms with van der Waals surface area (Å²) in [7, 11) is -1.39. The highest BCUT2D eigenvalue weighted by molar-refractivity contribution is 7.89. The van der Waals surface area contributed by atoms with Crippen LogP contribution in [0.1, 0.15) is 18.9 Å². The van der Waals surface area contributed by atoms with Crippen LogP contribution in [-0.2, 0) is 16.4 Å². The minimum absolute atomic E-state index is 0.109. The van der Waals surface area contributed by atoms with Crippen LogP contribution in [0.15, 0.2) is 35.5 Å². The number of guanidine groups is 1. The molecular weight excluding hydrogens is 338 g/mol. The summed E-state index contributed by atoms with van der Waals surface area (Å²) in [5.74, 6) is 0.829. The van der Waals surface area contributed by atoms with Gasteiger partial charge in [0.05, 0.1) is 5.75 Å². The third-order valence-electron chi connectivity index (χ3n) is 3.93. The molecule has 7 nitrogen and oxygen atoms in total. The summed E-state index contributed by atoms with van der Waals surface area (Å²) in [5, 5.41) is 7.71. The van der Waals surface area contributed by atoms with E-state index in [1.165, 1.54) is 10.9 Å². The van der Waals surface area contributed by atoms with Crippen LogP contribution in [0, 0.1) is 0 Å². The Kier molecular flexibility index (Phi) is 7.27. The molecule has 0 unspecified atom stereocenters. The van der Waals surface area contributed by atoms with Gasteiger partial charge in [-0.05, 0) is 31.4 Å². The summed E-state index contributed by atoms with van der Waals surface area (Å²) in [6, 6.07) is 8.25. The highest BCUT2D eigenvalue weighted by Crippen LogP contribution is 2.17. The van der Waals surface area contributed by atoms with E-state index in [1.54, 1.807) is 14.0 Å². The molecule has 4 N–H and O–H groups in total. The van der Waals surface area contributed by atoms with Gasteiger partial charge in [-0.15, -0.1) is 0 Å². The molecule has 0 bridgehead atoms. The first-order chi connectivity index (χ1) is 12.1. The van der Waals surface area contributed by atoms with Crippen LogP contribution in [0.3, 0.4) is 0 Å². The number of H-pyrrole nitrogens is 1. The van der Waals surface area contributed by atoms with Crippen molar-refractivity contribution in [1.29, 1.82) is 0 Å². The number of hydrogen-bond acceptors (Lipinski definition) is 3. The lowest BCUT2D eigenvalue weighted by Crippen LogP contribution is -2.39. The Morgan fingerprint density at radius 3 is 2.68 bits per heavy atom. The van der Waals surface area contributed by atoms with Crippen molar-refractivity contribution >= 4 is 26.9 Å². The van der Waals surface area contributed by atoms with Crippen molar-refractivity contribution in [3.05, 3.63) is 36.0 Å². The second-order valence-corrected chi connectivity index (χ2v) is 7.78. The zero-order valence-corrected chi connectivity index (χ0v) is 15.6. The number of fused-ring (bicyclic) bond motifs is 1. The van der Waals surface area contributed by atoms with E-state index in [4.69, 9.17) is 0 Å². The van der Waals surface area contributed by atoms with Crippen molar-refractivity contribution in [2.45, 2.75) is 19.8 Å². The van der Waals surface area contributed by atoms with Crippen molar-refractivity contribution in [2.24, 2.45) is 4.99 Å². The quantitative estimate of drug-likeness (QED) is 0.305. The lowest BCUT2D eigenvalue weighted by atomic mass is 10.1. The first-order valence-corrected chi connectivity index (χ1v) is 10.2. The fraction of sp³-hybridized carbons (Fsp3) is 0.471. The first kappa shape index (κ1) is 19.3. The molecule has 8 heteroatoms. The average Bonchev–Trinajstić information content (AvgIpc) is 3.03. The number of nitrogens with one attached hydrogen (secondary N) is 4. The maximum absolute atomic E-state index is 11.3. The van der Waals surface area contributed by atoms with Crippen molar-refractivity contribution in [3.63, 3.8) is 0 Å². The van der Waals surface area contributed by atoms with E-state index in [2.05, 4.69) is 37.5 Å². The number of benzene rings is 1. The first-order valence-electron chi connectivity index (χ1n) is 8.52. The largest absolute Gasteiger partial charge is 0.361 e. The number of rotatable bonds is 9. The molecule has 0 saturated heterocycles. The minimum atomic E-state index is -3.11. The highest BCUT2D eigenvalue weighted by Gasteiger charge is 2.05. The SMILES string of the molecule is CCS(=O)(=O)NCCCNC(=NC)NCCc1c[nH]c2ccccc12. The van der Waals surface area contributed by atoms with Gasteiger partial charge in [0.15, 0.2) is 5.96 Å². The van der Waals surface area contributed by atoms with Crippen molar-refractivity contribution in [2.75, 3.05) is 32.4 Å². The second-order valence-electron chi connectivity index (χ2n) is 5.69. The van der Waals surface area contributed by atoms with E-state index < -0.39 is 10.0 Å². The van der Waals surface area contributed by atoms with Gasteiger partial charge < -0.3 is 15.6 Å². The molecule has 0 aliphatic carbocycles. The summed E-state index contributed by atoms with van der Waals surface area (Å²) in [6.45, 7) is 3.47. The number of hydrogen-bond donors (Lipinski definition) is 4. The van der Waals surface area contributed by atoms with E-state index in [9.17, 15) is 8.42 Å².